The van der Waals surface area contributed by atoms with Crippen molar-refractivity contribution in [1.29, 1.82) is 0 Å². The molecule has 0 aliphatic carbocycles. The summed E-state index contributed by atoms with van der Waals surface area (Å²) < 4.78 is 12.5. The lowest BCUT2D eigenvalue weighted by atomic mass is 10.0. The highest BCUT2D eigenvalue weighted by molar-refractivity contribution is 5.92. The average molecular weight is 394 g/mol. The molecule has 1 aromatic heterocycles. The first-order valence-electron chi connectivity index (χ1n) is 9.78. The van der Waals surface area contributed by atoms with Gasteiger partial charge in [0.1, 0.15) is 0 Å². The zero-order chi connectivity index (χ0) is 19.8. The number of nitrogens with one attached hydrogen (secondary N) is 2. The van der Waals surface area contributed by atoms with E-state index in [0.717, 1.165) is 37.0 Å². The molecular weight excluding hydrogens is 372 g/mol. The largest absolute Gasteiger partial charge is 0.454 e. The number of anilines is 1. The van der Waals surface area contributed by atoms with Gasteiger partial charge in [-0.15, -0.1) is 0 Å². The van der Waals surface area contributed by atoms with E-state index in [9.17, 15) is 9.59 Å². The number of amides is 1. The quantitative estimate of drug-likeness (QED) is 0.709. The van der Waals surface area contributed by atoms with Crippen molar-refractivity contribution in [3.63, 3.8) is 0 Å². The van der Waals surface area contributed by atoms with E-state index < -0.39 is 0 Å². The van der Waals surface area contributed by atoms with E-state index in [1.807, 2.05) is 28.8 Å². The van der Waals surface area contributed by atoms with Gasteiger partial charge in [0.15, 0.2) is 11.5 Å². The van der Waals surface area contributed by atoms with Crippen molar-refractivity contribution in [3.8, 4) is 11.5 Å². The fourth-order valence-corrected chi connectivity index (χ4v) is 4.15. The normalized spacial score (nSPS) is 17.0. The van der Waals surface area contributed by atoms with Gasteiger partial charge in [0.05, 0.1) is 17.6 Å². The van der Waals surface area contributed by atoms with Crippen molar-refractivity contribution < 1.29 is 14.3 Å². The minimum atomic E-state index is -0.0646. The van der Waals surface area contributed by atoms with Crippen LogP contribution in [0.5, 0.6) is 11.5 Å². The fraction of sp³-hybridized carbons (Fsp3) is 0.333. The van der Waals surface area contributed by atoms with Crippen molar-refractivity contribution in [1.82, 2.24) is 14.5 Å². The van der Waals surface area contributed by atoms with E-state index >= 15 is 0 Å². The molecule has 1 saturated heterocycles. The summed E-state index contributed by atoms with van der Waals surface area (Å²) in [5.41, 5.74) is 2.43. The summed E-state index contributed by atoms with van der Waals surface area (Å²) in [6, 6.07) is 13.3. The van der Waals surface area contributed by atoms with Gasteiger partial charge in [-0.2, -0.15) is 0 Å². The Morgan fingerprint density at radius 3 is 2.76 bits per heavy atom. The first-order valence-corrected chi connectivity index (χ1v) is 9.78. The molecule has 1 fully saturated rings. The number of aromatic amines is 1. The molecule has 2 aliphatic rings. The zero-order valence-corrected chi connectivity index (χ0v) is 15.9. The van der Waals surface area contributed by atoms with Crippen molar-refractivity contribution in [3.05, 3.63) is 52.9 Å². The number of imidazole rings is 1. The van der Waals surface area contributed by atoms with Gasteiger partial charge in [-0.05, 0) is 37.1 Å². The minimum absolute atomic E-state index is 0.0634. The van der Waals surface area contributed by atoms with Gasteiger partial charge in [0, 0.05) is 30.9 Å². The van der Waals surface area contributed by atoms with Crippen molar-refractivity contribution in [2.75, 3.05) is 31.7 Å². The number of piperidine rings is 1. The molecule has 8 nitrogen and oxygen atoms in total. The van der Waals surface area contributed by atoms with Gasteiger partial charge in [0.2, 0.25) is 12.7 Å². The molecule has 0 spiro atoms. The Labute approximate surface area is 167 Å². The highest BCUT2D eigenvalue weighted by atomic mass is 16.7. The van der Waals surface area contributed by atoms with E-state index in [1.54, 1.807) is 18.2 Å². The van der Waals surface area contributed by atoms with Gasteiger partial charge >= 0.3 is 5.69 Å². The van der Waals surface area contributed by atoms with Crippen molar-refractivity contribution in [2.45, 2.75) is 18.9 Å². The molecular formula is C21H22N4O4. The monoisotopic (exact) mass is 394 g/mol. The van der Waals surface area contributed by atoms with Gasteiger partial charge in [0.25, 0.3) is 0 Å². The van der Waals surface area contributed by atoms with Crippen LogP contribution in [-0.4, -0.2) is 46.8 Å². The Balaban J connectivity index is 1.19. The lowest BCUT2D eigenvalue weighted by molar-refractivity contribution is -0.117. The van der Waals surface area contributed by atoms with Gasteiger partial charge in [-0.3, -0.25) is 14.3 Å². The summed E-state index contributed by atoms with van der Waals surface area (Å²) in [6.45, 7) is 2.07. The van der Waals surface area contributed by atoms with Crippen LogP contribution in [0.4, 0.5) is 5.69 Å². The molecule has 29 heavy (non-hydrogen) atoms. The number of H-pyrrole nitrogens is 1. The maximum atomic E-state index is 12.4. The smallest absolute Gasteiger partial charge is 0.326 e. The van der Waals surface area contributed by atoms with Crippen LogP contribution >= 0.6 is 0 Å². The number of para-hydroxylation sites is 2. The van der Waals surface area contributed by atoms with Crippen LogP contribution in [0.25, 0.3) is 11.0 Å². The number of benzene rings is 2. The molecule has 3 aromatic rings. The SMILES string of the molecule is O=C(CN1CCC(n2c(=O)[nH]c3ccccc32)CC1)Nc1ccc2c(c1)OCO2. The molecule has 0 radical (unpaired) electrons. The molecule has 3 heterocycles. The van der Waals surface area contributed by atoms with E-state index in [-0.39, 0.29) is 24.4 Å². The summed E-state index contributed by atoms with van der Waals surface area (Å²) in [5.74, 6) is 1.27. The predicted molar refractivity (Wildman–Crippen MR) is 108 cm³/mol. The fourth-order valence-electron chi connectivity index (χ4n) is 4.15. The standard InChI is InChI=1S/C21H22N4O4/c26-20(22-14-5-6-18-19(11-14)29-13-28-18)12-24-9-7-15(8-10-24)25-17-4-2-1-3-16(17)23-21(25)27/h1-6,11,15H,7-10,12-13H2,(H,22,26)(H,23,27). The molecule has 150 valence electrons. The highest BCUT2D eigenvalue weighted by Gasteiger charge is 2.24. The lowest BCUT2D eigenvalue weighted by Gasteiger charge is -2.32. The number of carbonyl (C=O) groups is 1. The third kappa shape index (κ3) is 3.47. The average Bonchev–Trinajstić information content (AvgIpc) is 3.31. The third-order valence-electron chi connectivity index (χ3n) is 5.57. The van der Waals surface area contributed by atoms with Crippen LogP contribution in [-0.2, 0) is 4.79 Å². The molecule has 2 aliphatic heterocycles. The van der Waals surface area contributed by atoms with Gasteiger partial charge < -0.3 is 19.8 Å². The van der Waals surface area contributed by atoms with E-state index in [2.05, 4.69) is 15.2 Å². The number of fused-ring (bicyclic) bond motifs is 2. The van der Waals surface area contributed by atoms with Crippen LogP contribution < -0.4 is 20.5 Å². The Bertz CT molecular complexity index is 1110. The number of ether oxygens (including phenoxy) is 2. The highest BCUT2D eigenvalue weighted by Crippen LogP contribution is 2.34. The summed E-state index contributed by atoms with van der Waals surface area (Å²) >= 11 is 0. The topological polar surface area (TPSA) is 88.6 Å². The Morgan fingerprint density at radius 1 is 1.10 bits per heavy atom. The summed E-state index contributed by atoms with van der Waals surface area (Å²) in [5, 5.41) is 2.91. The maximum Gasteiger partial charge on any atom is 0.326 e. The van der Waals surface area contributed by atoms with Crippen LogP contribution in [0.3, 0.4) is 0 Å². The van der Waals surface area contributed by atoms with E-state index in [4.69, 9.17) is 9.47 Å². The molecule has 8 heteroatoms. The van der Waals surface area contributed by atoms with Gasteiger partial charge in [-0.1, -0.05) is 12.1 Å². The Kier molecular flexibility index (Phi) is 4.48. The summed E-state index contributed by atoms with van der Waals surface area (Å²) in [6.07, 6.45) is 1.66. The maximum absolute atomic E-state index is 12.4. The second kappa shape index (κ2) is 7.29. The Morgan fingerprint density at radius 2 is 1.90 bits per heavy atom. The number of rotatable bonds is 4. The molecule has 2 N–H and O–H groups in total. The first kappa shape index (κ1) is 17.8. The molecule has 0 unspecified atom stereocenters. The second-order valence-corrected chi connectivity index (χ2v) is 7.44. The minimum Gasteiger partial charge on any atom is -0.454 e. The first-order chi connectivity index (χ1) is 14.2. The van der Waals surface area contributed by atoms with Crippen LogP contribution in [0.15, 0.2) is 47.3 Å². The molecule has 1 amide bonds. The van der Waals surface area contributed by atoms with E-state index in [0.29, 0.717) is 23.7 Å². The van der Waals surface area contributed by atoms with Crippen molar-refractivity contribution in [2.24, 2.45) is 0 Å². The van der Waals surface area contributed by atoms with E-state index in [1.165, 1.54) is 0 Å². The molecule has 2 aromatic carbocycles. The lowest BCUT2D eigenvalue weighted by Crippen LogP contribution is -2.40. The predicted octanol–water partition coefficient (Wildman–Crippen LogP) is 2.33. The Hall–Kier alpha value is -3.26. The zero-order valence-electron chi connectivity index (χ0n) is 15.9. The number of aromatic nitrogens is 2. The second-order valence-electron chi connectivity index (χ2n) is 7.44. The molecule has 5 rings (SSSR count). The number of likely N-dealkylation sites (tertiary alicyclic amines) is 1. The van der Waals surface area contributed by atoms with Crippen molar-refractivity contribution >= 4 is 22.6 Å². The molecule has 0 saturated carbocycles. The number of hydrogen-bond donors (Lipinski definition) is 2. The van der Waals surface area contributed by atoms with Crippen LogP contribution in [0.2, 0.25) is 0 Å². The molecule has 0 atom stereocenters. The molecule has 0 bridgehead atoms. The third-order valence-corrected chi connectivity index (χ3v) is 5.57. The summed E-state index contributed by atoms with van der Waals surface area (Å²) in [4.78, 5) is 29.9. The number of carbonyl (C=O) groups excluding carboxylic acids is 1. The summed E-state index contributed by atoms with van der Waals surface area (Å²) in [7, 11) is 0. The number of nitrogens with zero attached hydrogens (tertiary/aromatic N) is 2. The van der Waals surface area contributed by atoms with Gasteiger partial charge in [-0.25, -0.2) is 4.79 Å². The van der Waals surface area contributed by atoms with Crippen LogP contribution in [0.1, 0.15) is 18.9 Å². The number of hydrogen-bond acceptors (Lipinski definition) is 5. The van der Waals surface area contributed by atoms with Crippen LogP contribution in [0, 0.1) is 0 Å².